The molecule has 1 fully saturated rings. The Morgan fingerprint density at radius 3 is 2.79 bits per heavy atom. The Morgan fingerprint density at radius 1 is 1.13 bits per heavy atom. The van der Waals surface area contributed by atoms with Crippen LogP contribution in [0.15, 0.2) is 48.9 Å². The molecule has 6 heterocycles. The molecule has 4 aromatic rings. The third-order valence-electron chi connectivity index (χ3n) is 8.37. The van der Waals surface area contributed by atoms with Crippen molar-refractivity contribution in [1.29, 1.82) is 0 Å². The Bertz CT molecular complexity index is 1660. The first kappa shape index (κ1) is 23.9. The van der Waals surface area contributed by atoms with Gasteiger partial charge in [-0.25, -0.2) is 14.2 Å². The fourth-order valence-electron chi connectivity index (χ4n) is 6.33. The van der Waals surface area contributed by atoms with Gasteiger partial charge >= 0.3 is 6.03 Å². The normalized spacial score (nSPS) is 18.4. The zero-order valence-corrected chi connectivity index (χ0v) is 21.6. The number of Topliss-reactive ketones (excluding diaryl/α,β-unsaturated/α-hetero) is 1. The van der Waals surface area contributed by atoms with Crippen molar-refractivity contribution in [1.82, 2.24) is 29.1 Å². The summed E-state index contributed by atoms with van der Waals surface area (Å²) in [6, 6.07) is 8.76. The zero-order valence-electron chi connectivity index (χ0n) is 21.6. The molecule has 3 aromatic heterocycles. The number of benzene rings is 1. The smallest absolute Gasteiger partial charge is 0.320 e. The van der Waals surface area contributed by atoms with E-state index < -0.39 is 0 Å². The summed E-state index contributed by atoms with van der Waals surface area (Å²) < 4.78 is 19.1. The maximum atomic E-state index is 15.1. The quantitative estimate of drug-likeness (QED) is 0.427. The van der Waals surface area contributed by atoms with Gasteiger partial charge in [0.25, 0.3) is 0 Å². The number of halogens is 1. The molecule has 2 amide bonds. The molecular formula is C29H30FN7O2. The van der Waals surface area contributed by atoms with E-state index in [0.717, 1.165) is 35.3 Å². The summed E-state index contributed by atoms with van der Waals surface area (Å²) in [6.07, 6.45) is 7.43. The number of nitrogens with zero attached hydrogens (tertiary/aromatic N) is 5. The number of aromatic nitrogens is 3. The van der Waals surface area contributed by atoms with E-state index >= 15 is 4.39 Å². The predicted molar refractivity (Wildman–Crippen MR) is 146 cm³/mol. The molecule has 7 rings (SSSR count). The van der Waals surface area contributed by atoms with Crippen LogP contribution in [0.2, 0.25) is 0 Å². The topological polar surface area (TPSA) is 101 Å². The van der Waals surface area contributed by atoms with Gasteiger partial charge in [-0.3, -0.25) is 9.20 Å². The Hall–Kier alpha value is -4.18. The molecule has 10 heteroatoms. The standard InChI is InChI=1S/C29H30FN7O2/c30-20-11-19-16-36(29(39)34-7-4-18(13-31)5-8-34)10-9-35-17-22(21(12-20)28(19)35)26-24(38)15-33-27(26)23-14-32-25-3-1-2-6-37(23)25/h1-3,6,11-12,14,17-18,33H,4-5,7-10,13,15-16,31H2. The number of hydrogen-bond donors (Lipinski definition) is 2. The number of carbonyl (C=O) groups excluding carboxylic acids is 2. The average molecular weight is 528 g/mol. The number of fused-ring (bicyclic) bond motifs is 1. The monoisotopic (exact) mass is 527 g/mol. The van der Waals surface area contributed by atoms with Gasteiger partial charge in [0.2, 0.25) is 0 Å². The molecule has 0 bridgehead atoms. The summed E-state index contributed by atoms with van der Waals surface area (Å²) in [4.78, 5) is 34.9. The van der Waals surface area contributed by atoms with Crippen molar-refractivity contribution >= 4 is 39.6 Å². The maximum Gasteiger partial charge on any atom is 0.320 e. The van der Waals surface area contributed by atoms with Gasteiger partial charge in [0.05, 0.1) is 35.2 Å². The van der Waals surface area contributed by atoms with Gasteiger partial charge in [0, 0.05) is 56.1 Å². The second-order valence-corrected chi connectivity index (χ2v) is 10.7. The highest BCUT2D eigenvalue weighted by molar-refractivity contribution is 6.33. The molecule has 9 nitrogen and oxygen atoms in total. The molecule has 0 spiro atoms. The van der Waals surface area contributed by atoms with Crippen LogP contribution in [0.5, 0.6) is 0 Å². The minimum Gasteiger partial charge on any atom is -0.375 e. The van der Waals surface area contributed by atoms with E-state index in [1.165, 1.54) is 12.1 Å². The van der Waals surface area contributed by atoms with Crippen LogP contribution >= 0.6 is 0 Å². The van der Waals surface area contributed by atoms with E-state index in [1.807, 2.05) is 44.8 Å². The number of rotatable bonds is 3. The molecule has 0 atom stereocenters. The fourth-order valence-corrected chi connectivity index (χ4v) is 6.33. The van der Waals surface area contributed by atoms with Gasteiger partial charge in [0.1, 0.15) is 11.5 Å². The van der Waals surface area contributed by atoms with Crippen LogP contribution in [0, 0.1) is 11.7 Å². The molecule has 3 aliphatic heterocycles. The number of likely N-dealkylation sites (tertiary alicyclic amines) is 1. The van der Waals surface area contributed by atoms with Crippen molar-refractivity contribution in [3.63, 3.8) is 0 Å². The number of nitrogens with one attached hydrogen (secondary N) is 1. The molecule has 3 N–H and O–H groups in total. The number of carbonyl (C=O) groups is 2. The highest BCUT2D eigenvalue weighted by atomic mass is 19.1. The lowest BCUT2D eigenvalue weighted by molar-refractivity contribution is -0.112. The first-order chi connectivity index (χ1) is 19.0. The van der Waals surface area contributed by atoms with Crippen molar-refractivity contribution in [2.45, 2.75) is 25.9 Å². The molecule has 0 saturated carbocycles. The van der Waals surface area contributed by atoms with E-state index in [9.17, 15) is 9.59 Å². The molecule has 0 radical (unpaired) electrons. The molecule has 3 aliphatic rings. The third-order valence-corrected chi connectivity index (χ3v) is 8.37. The van der Waals surface area contributed by atoms with Gasteiger partial charge in [-0.1, -0.05) is 6.07 Å². The van der Waals surface area contributed by atoms with Crippen LogP contribution in [-0.2, 0) is 17.9 Å². The highest BCUT2D eigenvalue weighted by Crippen LogP contribution is 2.38. The predicted octanol–water partition coefficient (Wildman–Crippen LogP) is 3.08. The Labute approximate surface area is 224 Å². The molecule has 1 aromatic carbocycles. The first-order valence-electron chi connectivity index (χ1n) is 13.5. The van der Waals surface area contributed by atoms with E-state index in [1.54, 1.807) is 6.20 Å². The number of piperidine rings is 1. The van der Waals surface area contributed by atoms with Gasteiger partial charge in [-0.05, 0) is 55.1 Å². The maximum absolute atomic E-state index is 15.1. The highest BCUT2D eigenvalue weighted by Gasteiger charge is 2.32. The molecular weight excluding hydrogens is 497 g/mol. The van der Waals surface area contributed by atoms with Crippen molar-refractivity contribution in [3.8, 4) is 0 Å². The largest absolute Gasteiger partial charge is 0.375 e. The zero-order chi connectivity index (χ0) is 26.7. The van der Waals surface area contributed by atoms with Crippen molar-refractivity contribution in [3.05, 3.63) is 71.6 Å². The third kappa shape index (κ3) is 3.89. The van der Waals surface area contributed by atoms with Crippen LogP contribution in [0.4, 0.5) is 9.18 Å². The number of amides is 2. The van der Waals surface area contributed by atoms with E-state index in [2.05, 4.69) is 14.9 Å². The van der Waals surface area contributed by atoms with Crippen molar-refractivity contribution < 1.29 is 14.0 Å². The van der Waals surface area contributed by atoms with E-state index in [-0.39, 0.29) is 24.2 Å². The molecule has 200 valence electrons. The summed E-state index contributed by atoms with van der Waals surface area (Å²) in [5.74, 6) is 0.0353. The molecule has 1 saturated heterocycles. The lowest BCUT2D eigenvalue weighted by Crippen LogP contribution is -2.47. The number of ketones is 1. The van der Waals surface area contributed by atoms with Crippen molar-refractivity contribution in [2.75, 3.05) is 32.7 Å². The Balaban J connectivity index is 1.29. The summed E-state index contributed by atoms with van der Waals surface area (Å²) in [5.41, 5.74) is 10.9. The van der Waals surface area contributed by atoms with Crippen LogP contribution in [0.1, 0.15) is 29.7 Å². The average Bonchev–Trinajstić information content (AvgIpc) is 3.61. The van der Waals surface area contributed by atoms with Crippen molar-refractivity contribution in [2.24, 2.45) is 11.7 Å². The van der Waals surface area contributed by atoms with Crippen LogP contribution < -0.4 is 11.1 Å². The Morgan fingerprint density at radius 2 is 1.97 bits per heavy atom. The lowest BCUT2D eigenvalue weighted by Gasteiger charge is -2.35. The number of urea groups is 1. The minimum absolute atomic E-state index is 0.0124. The summed E-state index contributed by atoms with van der Waals surface area (Å²) in [5, 5.41) is 3.95. The Kier molecular flexibility index (Phi) is 5.66. The number of hydrogen-bond acceptors (Lipinski definition) is 5. The first-order valence-corrected chi connectivity index (χ1v) is 13.5. The minimum atomic E-state index is -0.384. The van der Waals surface area contributed by atoms with Gasteiger partial charge in [0.15, 0.2) is 5.78 Å². The second kappa shape index (κ2) is 9.23. The molecule has 0 unspecified atom stereocenters. The summed E-state index contributed by atoms with van der Waals surface area (Å²) in [6.45, 7) is 3.59. The van der Waals surface area contributed by atoms with Crippen LogP contribution in [0.25, 0.3) is 27.8 Å². The van der Waals surface area contributed by atoms with Gasteiger partial charge in [-0.2, -0.15) is 0 Å². The number of pyridine rings is 1. The van der Waals surface area contributed by atoms with Gasteiger partial charge in [-0.15, -0.1) is 0 Å². The van der Waals surface area contributed by atoms with Crippen LogP contribution in [-0.4, -0.2) is 68.3 Å². The van der Waals surface area contributed by atoms with Crippen LogP contribution in [0.3, 0.4) is 0 Å². The van der Waals surface area contributed by atoms with E-state index in [0.29, 0.717) is 67.4 Å². The summed E-state index contributed by atoms with van der Waals surface area (Å²) >= 11 is 0. The summed E-state index contributed by atoms with van der Waals surface area (Å²) in [7, 11) is 0. The number of nitrogens with two attached hydrogens (primary N) is 1. The SMILES string of the molecule is NCC1CCN(C(=O)N2CCn3cc(C4=C(c5cnc6ccccn56)NCC4=O)c4cc(F)cc(c43)C2)CC1. The number of imidazole rings is 1. The molecule has 0 aliphatic carbocycles. The molecule has 39 heavy (non-hydrogen) atoms. The fraction of sp³-hybridized carbons (Fsp3) is 0.345. The lowest BCUT2D eigenvalue weighted by atomic mass is 9.97. The van der Waals surface area contributed by atoms with E-state index in [4.69, 9.17) is 5.73 Å². The second-order valence-electron chi connectivity index (χ2n) is 10.7. The van der Waals surface area contributed by atoms with Gasteiger partial charge < -0.3 is 25.4 Å².